The molecule has 162 valence electrons. The maximum atomic E-state index is 11.0. The van der Waals surface area contributed by atoms with Crippen LogP contribution in [0.3, 0.4) is 0 Å². The van der Waals surface area contributed by atoms with Crippen LogP contribution in [0.1, 0.15) is 69.9 Å². The van der Waals surface area contributed by atoms with E-state index >= 15 is 0 Å². The van der Waals surface area contributed by atoms with Crippen LogP contribution in [0.15, 0.2) is 18.2 Å². The Bertz CT molecular complexity index is 675. The summed E-state index contributed by atoms with van der Waals surface area (Å²) in [6.07, 6.45) is 8.30. The number of hydrogen-bond acceptors (Lipinski definition) is 4. The van der Waals surface area contributed by atoms with Gasteiger partial charge in [0, 0.05) is 43.4 Å². The van der Waals surface area contributed by atoms with E-state index in [1.807, 2.05) is 0 Å². The van der Waals surface area contributed by atoms with Crippen molar-refractivity contribution in [2.24, 2.45) is 0 Å². The first kappa shape index (κ1) is 22.1. The number of nitrogens with zero attached hydrogens (tertiary/aromatic N) is 1. The third kappa shape index (κ3) is 5.95. The minimum atomic E-state index is -0.739. The normalized spacial score (nSPS) is 26.4. The van der Waals surface area contributed by atoms with Gasteiger partial charge in [0.25, 0.3) is 0 Å². The molecule has 1 heterocycles. The van der Waals surface area contributed by atoms with Crippen molar-refractivity contribution in [1.29, 1.82) is 0 Å². The molecule has 3 rings (SSSR count). The quantitative estimate of drug-likeness (QED) is 0.664. The van der Waals surface area contributed by atoms with E-state index in [9.17, 15) is 4.79 Å². The summed E-state index contributed by atoms with van der Waals surface area (Å²) in [5.41, 5.74) is 3.76. The first-order chi connectivity index (χ1) is 13.9. The van der Waals surface area contributed by atoms with Gasteiger partial charge < -0.3 is 15.2 Å². The summed E-state index contributed by atoms with van der Waals surface area (Å²) in [6.45, 7) is 9.70. The molecule has 0 spiro atoms. The Kier molecular flexibility index (Phi) is 7.58. The molecule has 2 aliphatic rings. The minimum absolute atomic E-state index is 0.178. The molecule has 1 aromatic carbocycles. The lowest BCUT2D eigenvalue weighted by atomic mass is 9.79. The second-order valence-electron chi connectivity index (χ2n) is 9.11. The van der Waals surface area contributed by atoms with E-state index < -0.39 is 5.97 Å². The zero-order valence-corrected chi connectivity index (χ0v) is 18.4. The van der Waals surface area contributed by atoms with Crippen molar-refractivity contribution in [2.75, 3.05) is 25.0 Å². The van der Waals surface area contributed by atoms with Crippen LogP contribution in [-0.4, -0.2) is 53.4 Å². The third-order valence-corrected chi connectivity index (χ3v) is 6.90. The Morgan fingerprint density at radius 3 is 2.55 bits per heavy atom. The molecular formula is C24H38N2O3. The Morgan fingerprint density at radius 1 is 1.24 bits per heavy atom. The summed E-state index contributed by atoms with van der Waals surface area (Å²) >= 11 is 0. The van der Waals surface area contributed by atoms with E-state index in [4.69, 9.17) is 9.84 Å². The zero-order valence-electron chi connectivity index (χ0n) is 18.4. The molecule has 1 saturated heterocycles. The van der Waals surface area contributed by atoms with Crippen molar-refractivity contribution < 1.29 is 14.6 Å². The summed E-state index contributed by atoms with van der Waals surface area (Å²) in [7, 11) is 0. The number of aryl methyl sites for hydroxylation is 2. The largest absolute Gasteiger partial charge is 0.481 e. The highest BCUT2D eigenvalue weighted by Crippen LogP contribution is 2.36. The van der Waals surface area contributed by atoms with Gasteiger partial charge in [0.15, 0.2) is 0 Å². The lowest BCUT2D eigenvalue weighted by molar-refractivity contribution is -0.136. The van der Waals surface area contributed by atoms with Crippen LogP contribution in [0.25, 0.3) is 0 Å². The summed E-state index contributed by atoms with van der Waals surface area (Å²) < 4.78 is 5.84. The molecule has 2 N–H and O–H groups in total. The Labute approximate surface area is 175 Å². The summed E-state index contributed by atoms with van der Waals surface area (Å²) in [4.78, 5) is 13.7. The molecule has 1 aliphatic heterocycles. The number of hydrogen-bond donors (Lipinski definition) is 2. The average molecular weight is 403 g/mol. The van der Waals surface area contributed by atoms with Crippen LogP contribution in [0, 0.1) is 6.92 Å². The van der Waals surface area contributed by atoms with E-state index in [1.165, 1.54) is 31.2 Å². The number of carboxylic acid groups (broad SMARTS) is 1. The molecule has 2 fully saturated rings. The molecular weight excluding hydrogens is 364 g/mol. The maximum Gasteiger partial charge on any atom is 0.303 e. The van der Waals surface area contributed by atoms with Gasteiger partial charge in [-0.3, -0.25) is 9.69 Å². The van der Waals surface area contributed by atoms with Crippen molar-refractivity contribution in [1.82, 2.24) is 4.90 Å². The first-order valence-electron chi connectivity index (χ1n) is 11.3. The van der Waals surface area contributed by atoms with Crippen molar-refractivity contribution in [2.45, 2.75) is 89.8 Å². The van der Waals surface area contributed by atoms with Gasteiger partial charge in [-0.1, -0.05) is 12.1 Å². The van der Waals surface area contributed by atoms with Crippen LogP contribution in [0.4, 0.5) is 5.69 Å². The summed E-state index contributed by atoms with van der Waals surface area (Å²) in [5, 5.41) is 12.8. The van der Waals surface area contributed by atoms with Crippen LogP contribution < -0.4 is 5.32 Å². The van der Waals surface area contributed by atoms with Gasteiger partial charge in [0.1, 0.15) is 0 Å². The van der Waals surface area contributed by atoms with Crippen molar-refractivity contribution in [3.8, 4) is 0 Å². The molecule has 0 bridgehead atoms. The van der Waals surface area contributed by atoms with E-state index in [0.29, 0.717) is 24.1 Å². The number of carbonyl (C=O) groups is 1. The molecule has 0 unspecified atom stereocenters. The van der Waals surface area contributed by atoms with Gasteiger partial charge >= 0.3 is 5.97 Å². The van der Waals surface area contributed by atoms with Crippen LogP contribution in [-0.2, 0) is 16.0 Å². The molecule has 0 atom stereocenters. The Hall–Kier alpha value is -1.59. The molecule has 5 heteroatoms. The fourth-order valence-corrected chi connectivity index (χ4v) is 5.00. The van der Waals surface area contributed by atoms with Crippen LogP contribution >= 0.6 is 0 Å². The van der Waals surface area contributed by atoms with Gasteiger partial charge in [-0.25, -0.2) is 0 Å². The Balaban J connectivity index is 1.54. The van der Waals surface area contributed by atoms with Gasteiger partial charge in [-0.2, -0.15) is 0 Å². The molecule has 1 aliphatic carbocycles. The fourth-order valence-electron chi connectivity index (χ4n) is 5.00. The number of rotatable bonds is 8. The highest BCUT2D eigenvalue weighted by Gasteiger charge is 2.38. The van der Waals surface area contributed by atoms with E-state index in [2.05, 4.69) is 49.2 Å². The van der Waals surface area contributed by atoms with E-state index in [-0.39, 0.29) is 6.42 Å². The highest BCUT2D eigenvalue weighted by atomic mass is 16.5. The molecule has 0 radical (unpaired) electrons. The third-order valence-electron chi connectivity index (χ3n) is 6.90. The highest BCUT2D eigenvalue weighted by molar-refractivity contribution is 5.68. The van der Waals surface area contributed by atoms with Crippen molar-refractivity contribution in [3.05, 3.63) is 29.3 Å². The molecule has 5 nitrogen and oxygen atoms in total. The number of ether oxygens (including phenoxy) is 1. The lowest BCUT2D eigenvalue weighted by Gasteiger charge is -2.48. The molecule has 29 heavy (non-hydrogen) atoms. The monoisotopic (exact) mass is 402 g/mol. The van der Waals surface area contributed by atoms with Gasteiger partial charge in [0.05, 0.1) is 6.10 Å². The average Bonchev–Trinajstić information content (AvgIpc) is 2.70. The summed E-state index contributed by atoms with van der Waals surface area (Å²) in [6, 6.07) is 6.78. The minimum Gasteiger partial charge on any atom is -0.481 e. The topological polar surface area (TPSA) is 61.8 Å². The number of piperidine rings is 1. The molecule has 1 saturated carbocycles. The van der Waals surface area contributed by atoms with Gasteiger partial charge in [-0.05, 0) is 82.9 Å². The number of nitrogens with one attached hydrogen (secondary N) is 1. The number of carboxylic acids is 1. The maximum absolute atomic E-state index is 11.0. The molecule has 0 aromatic heterocycles. The fraction of sp³-hybridized carbons (Fsp3) is 0.708. The van der Waals surface area contributed by atoms with E-state index in [1.54, 1.807) is 0 Å². The second kappa shape index (κ2) is 9.94. The number of benzene rings is 1. The summed E-state index contributed by atoms with van der Waals surface area (Å²) in [5.74, 6) is -0.739. The zero-order chi connectivity index (χ0) is 20.9. The van der Waals surface area contributed by atoms with Crippen molar-refractivity contribution >= 4 is 11.7 Å². The SMILES string of the molecule is CCOC1CCC(C)(N2CCC(Nc3cc(C)ccc3CCC(=O)O)CC2)CC1. The van der Waals surface area contributed by atoms with Gasteiger partial charge in [-0.15, -0.1) is 0 Å². The first-order valence-corrected chi connectivity index (χ1v) is 11.3. The van der Waals surface area contributed by atoms with E-state index in [0.717, 1.165) is 43.8 Å². The van der Waals surface area contributed by atoms with Gasteiger partial charge in [0.2, 0.25) is 0 Å². The lowest BCUT2D eigenvalue weighted by Crippen LogP contribution is -2.53. The molecule has 1 aromatic rings. The number of likely N-dealkylation sites (tertiary alicyclic amines) is 1. The standard InChI is InChI=1S/C24H38N2O3/c1-4-29-21-9-13-24(3,14-10-21)26-15-11-20(12-16-26)25-22-17-18(2)5-6-19(22)7-8-23(27)28/h5-6,17,20-21,25H,4,7-16H2,1-3H3,(H,27,28). The van der Waals surface area contributed by atoms with Crippen molar-refractivity contribution in [3.63, 3.8) is 0 Å². The molecule has 0 amide bonds. The predicted molar refractivity (Wildman–Crippen MR) is 118 cm³/mol. The van der Waals surface area contributed by atoms with Crippen LogP contribution in [0.5, 0.6) is 0 Å². The number of anilines is 1. The smallest absolute Gasteiger partial charge is 0.303 e. The van der Waals surface area contributed by atoms with Crippen LogP contribution in [0.2, 0.25) is 0 Å². The Morgan fingerprint density at radius 2 is 1.93 bits per heavy atom. The second-order valence-corrected chi connectivity index (χ2v) is 9.11. The number of aliphatic carboxylic acids is 1. The predicted octanol–water partition coefficient (Wildman–Crippen LogP) is 4.63.